The molecule has 0 bridgehead atoms. The molecule has 0 amide bonds. The third-order valence-corrected chi connectivity index (χ3v) is 11.8. The summed E-state index contributed by atoms with van der Waals surface area (Å²) < 4.78 is 33.6. The van der Waals surface area contributed by atoms with Gasteiger partial charge < -0.3 is 4.43 Å². The van der Waals surface area contributed by atoms with Gasteiger partial charge in [0.1, 0.15) is 0 Å². The molecular formula is C22H33NO3SSi. The normalized spacial score (nSPS) is 14.6. The molecule has 0 saturated heterocycles. The third-order valence-electron chi connectivity index (χ3n) is 5.47. The lowest BCUT2D eigenvalue weighted by atomic mass is 10.2. The van der Waals surface area contributed by atoms with Gasteiger partial charge >= 0.3 is 0 Å². The summed E-state index contributed by atoms with van der Waals surface area (Å²) in [6.45, 7) is 13.8. The number of aryl methyl sites for hydroxylation is 1. The highest BCUT2D eigenvalue weighted by Crippen LogP contribution is 2.36. The van der Waals surface area contributed by atoms with Gasteiger partial charge in [0.25, 0.3) is 0 Å². The minimum absolute atomic E-state index is 0.131. The largest absolute Gasteiger partial charge is 0.406 e. The quantitative estimate of drug-likeness (QED) is 0.365. The maximum absolute atomic E-state index is 13.0. The summed E-state index contributed by atoms with van der Waals surface area (Å²) in [5, 5.41) is 0.131. The summed E-state index contributed by atoms with van der Waals surface area (Å²) in [5.74, 6) is 6.02. The fourth-order valence-corrected chi connectivity index (χ4v) is 4.39. The van der Waals surface area contributed by atoms with Crippen molar-refractivity contribution in [2.24, 2.45) is 0 Å². The Bertz CT molecular complexity index is 863. The predicted octanol–water partition coefficient (Wildman–Crippen LogP) is 4.73. The maximum atomic E-state index is 13.0. The lowest BCUT2D eigenvalue weighted by Crippen LogP contribution is -2.40. The van der Waals surface area contributed by atoms with E-state index in [-0.39, 0.29) is 11.6 Å². The highest BCUT2D eigenvalue weighted by atomic mass is 32.2. The zero-order valence-corrected chi connectivity index (χ0v) is 19.8. The fraction of sp³-hybridized carbons (Fsp3) is 0.545. The van der Waals surface area contributed by atoms with Crippen molar-refractivity contribution in [3.05, 3.63) is 41.5 Å². The Labute approximate surface area is 172 Å². The van der Waals surface area contributed by atoms with Gasteiger partial charge in [0.05, 0.1) is 18.0 Å². The average molecular weight is 420 g/mol. The minimum Gasteiger partial charge on any atom is -0.406 e. The first kappa shape index (κ1) is 22.9. The van der Waals surface area contributed by atoms with E-state index in [0.29, 0.717) is 18.0 Å². The SMILES string of the molecule is Cc1ccc(S(=O)(=O)N(CC#CCO[Si](C)(C)C(C)(C)C)CC=C2CC2)cc1. The summed E-state index contributed by atoms with van der Waals surface area (Å²) in [4.78, 5) is 0.312. The smallest absolute Gasteiger partial charge is 0.244 e. The van der Waals surface area contributed by atoms with Crippen LogP contribution < -0.4 is 0 Å². The molecule has 0 heterocycles. The molecule has 1 aliphatic carbocycles. The van der Waals surface area contributed by atoms with E-state index in [1.807, 2.05) is 25.1 Å². The van der Waals surface area contributed by atoms with Crippen molar-refractivity contribution < 1.29 is 12.8 Å². The molecule has 4 nitrogen and oxygen atoms in total. The van der Waals surface area contributed by atoms with Gasteiger partial charge in [0.15, 0.2) is 8.32 Å². The lowest BCUT2D eigenvalue weighted by molar-refractivity contribution is 0.334. The first-order chi connectivity index (χ1) is 12.9. The van der Waals surface area contributed by atoms with Crippen LogP contribution in [0.4, 0.5) is 0 Å². The van der Waals surface area contributed by atoms with Crippen LogP contribution in [0.1, 0.15) is 39.2 Å². The molecule has 154 valence electrons. The van der Waals surface area contributed by atoms with E-state index in [1.165, 1.54) is 9.88 Å². The second kappa shape index (κ2) is 8.96. The van der Waals surface area contributed by atoms with Crippen molar-refractivity contribution in [2.75, 3.05) is 19.7 Å². The van der Waals surface area contributed by atoms with Crippen LogP contribution in [0.15, 0.2) is 40.8 Å². The lowest BCUT2D eigenvalue weighted by Gasteiger charge is -2.35. The van der Waals surface area contributed by atoms with Gasteiger partial charge in [0, 0.05) is 6.54 Å². The van der Waals surface area contributed by atoms with Crippen molar-refractivity contribution >= 4 is 18.3 Å². The van der Waals surface area contributed by atoms with Crippen LogP contribution in [0, 0.1) is 18.8 Å². The number of nitrogens with zero attached hydrogens (tertiary/aromatic N) is 1. The van der Waals surface area contributed by atoms with Gasteiger partial charge in [-0.05, 0) is 50.0 Å². The zero-order valence-electron chi connectivity index (χ0n) is 18.0. The van der Waals surface area contributed by atoms with Gasteiger partial charge in [-0.3, -0.25) is 0 Å². The van der Waals surface area contributed by atoms with Gasteiger partial charge in [0.2, 0.25) is 10.0 Å². The topological polar surface area (TPSA) is 46.6 Å². The summed E-state index contributed by atoms with van der Waals surface area (Å²) >= 11 is 0. The van der Waals surface area contributed by atoms with Crippen LogP contribution in [0.3, 0.4) is 0 Å². The Kier molecular flexibility index (Phi) is 7.32. The molecule has 0 unspecified atom stereocenters. The fourth-order valence-electron chi connectivity index (χ4n) is 2.24. The number of rotatable bonds is 7. The second-order valence-corrected chi connectivity index (χ2v) is 15.6. The van der Waals surface area contributed by atoms with E-state index in [0.717, 1.165) is 18.4 Å². The molecule has 1 aromatic carbocycles. The Morgan fingerprint density at radius 2 is 1.75 bits per heavy atom. The molecule has 0 N–H and O–H groups in total. The van der Waals surface area contributed by atoms with Gasteiger partial charge in [-0.15, -0.1) is 0 Å². The van der Waals surface area contributed by atoms with E-state index < -0.39 is 18.3 Å². The van der Waals surface area contributed by atoms with Crippen LogP contribution >= 0.6 is 0 Å². The third kappa shape index (κ3) is 6.31. The van der Waals surface area contributed by atoms with E-state index >= 15 is 0 Å². The summed E-state index contributed by atoms with van der Waals surface area (Å²) in [6, 6.07) is 6.97. The van der Waals surface area contributed by atoms with Gasteiger partial charge in [-0.2, -0.15) is 4.31 Å². The minimum atomic E-state index is -3.57. The van der Waals surface area contributed by atoms with Gasteiger partial charge in [-0.1, -0.05) is 62.0 Å². The van der Waals surface area contributed by atoms with Crippen LogP contribution in [0.5, 0.6) is 0 Å². The molecule has 28 heavy (non-hydrogen) atoms. The number of allylic oxidation sites excluding steroid dienone is 1. The first-order valence-electron chi connectivity index (χ1n) is 9.78. The van der Waals surface area contributed by atoms with E-state index in [4.69, 9.17) is 4.43 Å². The molecule has 0 aliphatic heterocycles. The molecular weight excluding hydrogens is 386 g/mol. The van der Waals surface area contributed by atoms with Gasteiger partial charge in [-0.25, -0.2) is 8.42 Å². The van der Waals surface area contributed by atoms with Crippen LogP contribution in [0.2, 0.25) is 18.1 Å². The molecule has 6 heteroatoms. The summed E-state index contributed by atoms with van der Waals surface area (Å²) in [7, 11) is -5.41. The second-order valence-electron chi connectivity index (χ2n) is 8.88. The summed E-state index contributed by atoms with van der Waals surface area (Å²) in [6.07, 6.45) is 4.16. The molecule has 1 aliphatic rings. The van der Waals surface area contributed by atoms with E-state index in [9.17, 15) is 8.42 Å². The molecule has 1 saturated carbocycles. The molecule has 1 fully saturated rings. The summed E-state index contributed by atoms with van der Waals surface area (Å²) in [5.41, 5.74) is 2.35. The molecule has 0 radical (unpaired) electrons. The molecule has 2 rings (SSSR count). The van der Waals surface area contributed by atoms with Crippen molar-refractivity contribution in [3.8, 4) is 11.8 Å². The van der Waals surface area contributed by atoms with E-state index in [1.54, 1.807) is 12.1 Å². The highest BCUT2D eigenvalue weighted by Gasteiger charge is 2.36. The van der Waals surface area contributed by atoms with Crippen LogP contribution in [-0.4, -0.2) is 40.7 Å². The van der Waals surface area contributed by atoms with Crippen LogP contribution in [-0.2, 0) is 14.4 Å². The molecule has 0 atom stereocenters. The zero-order chi connectivity index (χ0) is 21.0. The van der Waals surface area contributed by atoms with Crippen molar-refractivity contribution in [1.29, 1.82) is 0 Å². The Morgan fingerprint density at radius 1 is 1.14 bits per heavy atom. The number of sulfonamides is 1. The number of hydrogen-bond acceptors (Lipinski definition) is 3. The number of benzene rings is 1. The first-order valence-corrected chi connectivity index (χ1v) is 14.1. The predicted molar refractivity (Wildman–Crippen MR) is 118 cm³/mol. The number of hydrogen-bond donors (Lipinski definition) is 0. The monoisotopic (exact) mass is 419 g/mol. The Morgan fingerprint density at radius 3 is 2.29 bits per heavy atom. The maximum Gasteiger partial charge on any atom is 0.244 e. The highest BCUT2D eigenvalue weighted by molar-refractivity contribution is 7.89. The Hall–Kier alpha value is -1.39. The molecule has 0 aromatic heterocycles. The molecule has 1 aromatic rings. The molecule has 0 spiro atoms. The van der Waals surface area contributed by atoms with Crippen LogP contribution in [0.25, 0.3) is 0 Å². The Balaban J connectivity index is 2.08. The average Bonchev–Trinajstić information content (AvgIpc) is 3.40. The van der Waals surface area contributed by atoms with Crippen molar-refractivity contribution in [2.45, 2.75) is 63.6 Å². The van der Waals surface area contributed by atoms with Crippen molar-refractivity contribution in [3.63, 3.8) is 0 Å². The van der Waals surface area contributed by atoms with Crippen molar-refractivity contribution in [1.82, 2.24) is 4.31 Å². The van der Waals surface area contributed by atoms with E-state index in [2.05, 4.69) is 45.7 Å². The standard InChI is InChI=1S/C22H33NO3SSi/c1-19-9-13-21(14-10-19)27(24,25)23(17-15-20-11-12-20)16-7-8-18-26-28(5,6)22(2,3)4/h9-10,13-15H,11-12,16-18H2,1-6H3.